The molecule has 3 rings (SSSR count). The van der Waals surface area contributed by atoms with Crippen LogP contribution in [0.3, 0.4) is 0 Å². The van der Waals surface area contributed by atoms with Gasteiger partial charge in [-0.25, -0.2) is 4.79 Å². The van der Waals surface area contributed by atoms with E-state index in [-0.39, 0.29) is 30.4 Å². The van der Waals surface area contributed by atoms with Gasteiger partial charge in [-0.1, -0.05) is 0 Å². The van der Waals surface area contributed by atoms with E-state index in [2.05, 4.69) is 0 Å². The van der Waals surface area contributed by atoms with Gasteiger partial charge in [0.2, 0.25) is 5.43 Å². The summed E-state index contributed by atoms with van der Waals surface area (Å²) < 4.78 is 51.3. The first-order chi connectivity index (χ1) is 11.8. The van der Waals surface area contributed by atoms with Crippen LogP contribution < -0.4 is 10.2 Å². The molecule has 1 atom stereocenters. The molecule has 0 saturated carbocycles. The molecule has 0 aliphatic carbocycles. The maximum absolute atomic E-state index is 13.5. The molecule has 0 bridgehead atoms. The van der Waals surface area contributed by atoms with Crippen LogP contribution in [0.2, 0.25) is 0 Å². The van der Waals surface area contributed by atoms with Crippen molar-refractivity contribution in [3.8, 4) is 5.75 Å². The highest BCUT2D eigenvalue weighted by Crippen LogP contribution is 2.41. The number of esters is 1. The van der Waals surface area contributed by atoms with Gasteiger partial charge < -0.3 is 14.0 Å². The summed E-state index contributed by atoms with van der Waals surface area (Å²) in [5.74, 6) is -0.577. The predicted octanol–water partition coefficient (Wildman–Crippen LogP) is 3.24. The van der Waals surface area contributed by atoms with Gasteiger partial charge in [0.25, 0.3) is 0 Å². The minimum atomic E-state index is -4.49. The molecule has 1 aromatic carbocycles. The fraction of sp³-hybridized carbons (Fsp3) is 0.412. The average Bonchev–Trinajstić information content (AvgIpc) is 2.56. The molecule has 0 fully saturated rings. The van der Waals surface area contributed by atoms with Crippen LogP contribution >= 0.6 is 0 Å². The quantitative estimate of drug-likeness (QED) is 0.793. The maximum Gasteiger partial charge on any atom is 0.409 e. The summed E-state index contributed by atoms with van der Waals surface area (Å²) >= 11 is 0. The third kappa shape index (κ3) is 2.85. The van der Waals surface area contributed by atoms with Crippen LogP contribution in [-0.2, 0) is 11.2 Å². The Balaban J connectivity index is 2.38. The maximum atomic E-state index is 13.5. The number of hydrogen-bond acceptors (Lipinski definition) is 4. The van der Waals surface area contributed by atoms with Crippen LogP contribution in [0.1, 0.15) is 35.3 Å². The van der Waals surface area contributed by atoms with Crippen molar-refractivity contribution in [3.63, 3.8) is 0 Å². The second-order valence-electron chi connectivity index (χ2n) is 5.78. The molecule has 134 valence electrons. The van der Waals surface area contributed by atoms with Gasteiger partial charge in [-0.3, -0.25) is 4.79 Å². The highest BCUT2D eigenvalue weighted by atomic mass is 19.4. The van der Waals surface area contributed by atoms with Crippen molar-refractivity contribution >= 4 is 16.9 Å². The van der Waals surface area contributed by atoms with Crippen molar-refractivity contribution in [1.82, 2.24) is 4.57 Å². The van der Waals surface area contributed by atoms with Gasteiger partial charge in [0.05, 0.1) is 24.6 Å². The molecule has 2 heterocycles. The van der Waals surface area contributed by atoms with Crippen LogP contribution in [0.15, 0.2) is 23.1 Å². The van der Waals surface area contributed by atoms with Crippen molar-refractivity contribution in [2.24, 2.45) is 0 Å². The number of alkyl halides is 3. The lowest BCUT2D eigenvalue weighted by Crippen LogP contribution is -2.33. The zero-order chi connectivity index (χ0) is 18.4. The number of benzene rings is 1. The third-order valence-electron chi connectivity index (χ3n) is 4.31. The first-order valence-corrected chi connectivity index (χ1v) is 7.77. The Bertz CT molecular complexity index is 901. The zero-order valence-corrected chi connectivity index (χ0v) is 13.6. The van der Waals surface area contributed by atoms with Crippen LogP contribution in [0, 0.1) is 0 Å². The van der Waals surface area contributed by atoms with Crippen LogP contribution in [0.5, 0.6) is 5.75 Å². The van der Waals surface area contributed by atoms with Crippen molar-refractivity contribution in [3.05, 3.63) is 39.7 Å². The van der Waals surface area contributed by atoms with Gasteiger partial charge in [-0.15, -0.1) is 0 Å². The summed E-state index contributed by atoms with van der Waals surface area (Å²) in [4.78, 5) is 24.7. The number of aryl methyl sites for hydroxylation is 1. The Morgan fingerprint density at radius 1 is 1.36 bits per heavy atom. The highest BCUT2D eigenvalue weighted by molar-refractivity contribution is 5.95. The summed E-state index contributed by atoms with van der Waals surface area (Å²) in [6, 6.07) is 1.18. The molecule has 0 amide bonds. The average molecular weight is 355 g/mol. The normalized spacial score (nSPS) is 16.8. The molecule has 1 unspecified atom stereocenters. The van der Waals surface area contributed by atoms with E-state index in [4.69, 9.17) is 9.47 Å². The molecule has 0 saturated heterocycles. The fourth-order valence-electron chi connectivity index (χ4n) is 3.21. The number of nitrogens with zero attached hydrogens (tertiary/aromatic N) is 1. The summed E-state index contributed by atoms with van der Waals surface area (Å²) in [6.45, 7) is 1.57. The number of rotatable bonds is 3. The van der Waals surface area contributed by atoms with Gasteiger partial charge in [0, 0.05) is 6.20 Å². The first kappa shape index (κ1) is 17.3. The molecule has 0 radical (unpaired) electrons. The van der Waals surface area contributed by atoms with Gasteiger partial charge in [-0.05, 0) is 37.5 Å². The summed E-state index contributed by atoms with van der Waals surface area (Å²) in [6.07, 6.45) is -3.54. The van der Waals surface area contributed by atoms with Crippen LogP contribution in [-0.4, -0.2) is 30.4 Å². The standard InChI is InChI=1S/C17H16F3NO4/c1-3-25-16(23)12-8-21-13(17(18,19)20)5-4-9-6-10(24-2)7-11(14(9)21)15(12)22/h6-8,13H,3-5H2,1-2H3. The highest BCUT2D eigenvalue weighted by Gasteiger charge is 2.43. The molecule has 2 aromatic rings. The van der Waals surface area contributed by atoms with Gasteiger partial charge >= 0.3 is 12.1 Å². The monoisotopic (exact) mass is 355 g/mol. The number of halogens is 3. The van der Waals surface area contributed by atoms with E-state index in [1.807, 2.05) is 0 Å². The van der Waals surface area contributed by atoms with Crippen molar-refractivity contribution in [2.45, 2.75) is 32.0 Å². The number of ether oxygens (including phenoxy) is 2. The minimum Gasteiger partial charge on any atom is -0.497 e. The number of hydrogen-bond donors (Lipinski definition) is 0. The Labute approximate surface area is 141 Å². The lowest BCUT2D eigenvalue weighted by Gasteiger charge is -2.30. The molecule has 1 aliphatic heterocycles. The van der Waals surface area contributed by atoms with Gasteiger partial charge in [0.1, 0.15) is 17.4 Å². The molecular weight excluding hydrogens is 339 g/mol. The minimum absolute atomic E-state index is 0.0162. The van der Waals surface area contributed by atoms with E-state index in [0.717, 1.165) is 10.8 Å². The van der Waals surface area contributed by atoms with E-state index in [9.17, 15) is 22.8 Å². The Hall–Kier alpha value is -2.51. The third-order valence-corrected chi connectivity index (χ3v) is 4.31. The number of methoxy groups -OCH3 is 1. The second kappa shape index (κ2) is 6.09. The molecule has 0 spiro atoms. The molecule has 1 aromatic heterocycles. The SMILES string of the molecule is CCOC(=O)c1cn2c3c(cc(OC)cc3c1=O)CCC2C(F)(F)F. The number of carbonyl (C=O) groups excluding carboxylic acids is 1. The zero-order valence-electron chi connectivity index (χ0n) is 13.6. The summed E-state index contributed by atoms with van der Waals surface area (Å²) in [5.41, 5.74) is -0.299. The van der Waals surface area contributed by atoms with E-state index < -0.39 is 29.2 Å². The second-order valence-corrected chi connectivity index (χ2v) is 5.78. The Morgan fingerprint density at radius 2 is 2.08 bits per heavy atom. The van der Waals surface area contributed by atoms with E-state index in [1.54, 1.807) is 13.0 Å². The molecular formula is C17H16F3NO4. The first-order valence-electron chi connectivity index (χ1n) is 7.77. The van der Waals surface area contributed by atoms with Gasteiger partial charge in [0.15, 0.2) is 0 Å². The number of aromatic nitrogens is 1. The van der Waals surface area contributed by atoms with Crippen molar-refractivity contribution < 1.29 is 27.4 Å². The smallest absolute Gasteiger partial charge is 0.409 e. The molecule has 0 N–H and O–H groups in total. The molecule has 5 nitrogen and oxygen atoms in total. The van der Waals surface area contributed by atoms with Crippen LogP contribution in [0.4, 0.5) is 13.2 Å². The Kier molecular flexibility index (Phi) is 4.22. The van der Waals surface area contributed by atoms with E-state index >= 15 is 0 Å². The van der Waals surface area contributed by atoms with E-state index in [1.165, 1.54) is 13.2 Å². The molecule has 8 heteroatoms. The lowest BCUT2D eigenvalue weighted by molar-refractivity contribution is -0.169. The predicted molar refractivity (Wildman–Crippen MR) is 84.1 cm³/mol. The summed E-state index contributed by atoms with van der Waals surface area (Å²) in [7, 11) is 1.41. The Morgan fingerprint density at radius 3 is 2.68 bits per heavy atom. The topological polar surface area (TPSA) is 57.5 Å². The molecule has 25 heavy (non-hydrogen) atoms. The number of carbonyl (C=O) groups is 1. The van der Waals surface area contributed by atoms with Gasteiger partial charge in [-0.2, -0.15) is 13.2 Å². The fourth-order valence-corrected chi connectivity index (χ4v) is 3.21. The lowest BCUT2D eigenvalue weighted by atomic mass is 9.94. The van der Waals surface area contributed by atoms with Crippen molar-refractivity contribution in [1.29, 1.82) is 0 Å². The molecule has 1 aliphatic rings. The summed E-state index contributed by atoms with van der Waals surface area (Å²) in [5, 5.41) is 0.0221. The number of pyridine rings is 1. The van der Waals surface area contributed by atoms with E-state index in [0.29, 0.717) is 11.3 Å². The largest absolute Gasteiger partial charge is 0.497 e. The van der Waals surface area contributed by atoms with Crippen LogP contribution in [0.25, 0.3) is 10.9 Å². The van der Waals surface area contributed by atoms with Crippen molar-refractivity contribution in [2.75, 3.05) is 13.7 Å².